The van der Waals surface area contributed by atoms with E-state index >= 15 is 0 Å². The average Bonchev–Trinajstić information content (AvgIpc) is 2.71. The summed E-state index contributed by atoms with van der Waals surface area (Å²) < 4.78 is 36.4. The second kappa shape index (κ2) is 4.76. The quantitative estimate of drug-likeness (QED) is 0.826. The first-order valence-corrected chi connectivity index (χ1v) is 7.77. The number of halogens is 1. The minimum Gasteiger partial charge on any atom is -0.505 e. The Morgan fingerprint density at radius 2 is 2.11 bits per heavy atom. The molecule has 6 heteroatoms. The normalized spacial score (nSPS) is 24.1. The van der Waals surface area contributed by atoms with Crippen molar-refractivity contribution in [3.05, 3.63) is 24.0 Å². The van der Waals surface area contributed by atoms with Crippen molar-refractivity contribution in [1.82, 2.24) is 0 Å². The maximum absolute atomic E-state index is 13.2. The van der Waals surface area contributed by atoms with E-state index in [2.05, 4.69) is 5.32 Å². The monoisotopic (exact) mass is 273 g/mol. The third-order valence-electron chi connectivity index (χ3n) is 3.30. The van der Waals surface area contributed by atoms with Crippen molar-refractivity contribution in [2.45, 2.75) is 30.6 Å². The van der Waals surface area contributed by atoms with E-state index in [4.69, 9.17) is 5.11 Å². The van der Waals surface area contributed by atoms with Gasteiger partial charge in [-0.15, -0.1) is 0 Å². The molecule has 0 aromatic heterocycles. The molecule has 4 nitrogen and oxygen atoms in total. The fourth-order valence-corrected chi connectivity index (χ4v) is 3.81. The molecule has 0 spiro atoms. The van der Waals surface area contributed by atoms with Crippen LogP contribution in [0, 0.1) is 5.82 Å². The van der Waals surface area contributed by atoms with Crippen molar-refractivity contribution < 1.29 is 17.9 Å². The Hall–Kier alpha value is -1.30. The Kier molecular flexibility index (Phi) is 3.47. The summed E-state index contributed by atoms with van der Waals surface area (Å²) in [7, 11) is -3.10. The van der Waals surface area contributed by atoms with Crippen LogP contribution in [0.25, 0.3) is 0 Å². The summed E-state index contributed by atoms with van der Waals surface area (Å²) in [5.74, 6) is -1.12. The highest BCUT2D eigenvalue weighted by molar-refractivity contribution is 7.91. The Morgan fingerprint density at radius 3 is 2.72 bits per heavy atom. The van der Waals surface area contributed by atoms with E-state index in [1.165, 1.54) is 24.5 Å². The molecule has 2 atom stereocenters. The van der Waals surface area contributed by atoms with Crippen LogP contribution in [0.2, 0.25) is 0 Å². The SMILES string of the molecule is CS(=O)(=O)C1CCCC1Nc1ccc(O)c(F)c1. The van der Waals surface area contributed by atoms with Gasteiger partial charge in [-0.05, 0) is 31.4 Å². The Morgan fingerprint density at radius 1 is 1.39 bits per heavy atom. The lowest BCUT2D eigenvalue weighted by Gasteiger charge is -2.20. The lowest BCUT2D eigenvalue weighted by molar-refractivity contribution is 0.432. The zero-order valence-electron chi connectivity index (χ0n) is 10.1. The summed E-state index contributed by atoms with van der Waals surface area (Å²) in [5.41, 5.74) is 0.492. The zero-order valence-corrected chi connectivity index (χ0v) is 10.9. The van der Waals surface area contributed by atoms with Crippen LogP contribution in [-0.4, -0.2) is 31.1 Å². The van der Waals surface area contributed by atoms with Crippen LogP contribution >= 0.6 is 0 Å². The third-order valence-corrected chi connectivity index (χ3v) is 4.97. The number of hydrogen-bond donors (Lipinski definition) is 2. The summed E-state index contributed by atoms with van der Waals surface area (Å²) in [6.45, 7) is 0. The minimum atomic E-state index is -3.10. The Labute approximate surface area is 106 Å². The van der Waals surface area contributed by atoms with E-state index in [1.807, 2.05) is 0 Å². The van der Waals surface area contributed by atoms with E-state index in [0.717, 1.165) is 12.8 Å². The molecule has 1 aliphatic carbocycles. The number of aromatic hydroxyl groups is 1. The first-order chi connectivity index (χ1) is 8.38. The maximum Gasteiger partial charge on any atom is 0.166 e. The van der Waals surface area contributed by atoms with Crippen molar-refractivity contribution in [1.29, 1.82) is 0 Å². The van der Waals surface area contributed by atoms with Crippen molar-refractivity contribution in [2.24, 2.45) is 0 Å². The van der Waals surface area contributed by atoms with Gasteiger partial charge in [0, 0.05) is 24.1 Å². The molecular weight excluding hydrogens is 257 g/mol. The van der Waals surface area contributed by atoms with Crippen LogP contribution in [0.15, 0.2) is 18.2 Å². The van der Waals surface area contributed by atoms with E-state index in [1.54, 1.807) is 0 Å². The second-order valence-corrected chi connectivity index (χ2v) is 6.98. The van der Waals surface area contributed by atoms with Gasteiger partial charge < -0.3 is 10.4 Å². The number of sulfone groups is 1. The lowest BCUT2D eigenvalue weighted by atomic mass is 10.2. The van der Waals surface area contributed by atoms with Crippen molar-refractivity contribution in [3.63, 3.8) is 0 Å². The van der Waals surface area contributed by atoms with Crippen LogP contribution in [0.4, 0.5) is 10.1 Å². The molecule has 18 heavy (non-hydrogen) atoms. The second-order valence-electron chi connectivity index (χ2n) is 4.72. The Balaban J connectivity index is 2.16. The highest BCUT2D eigenvalue weighted by atomic mass is 32.2. The summed E-state index contributed by atoms with van der Waals surface area (Å²) in [6, 6.07) is 3.77. The van der Waals surface area contributed by atoms with Crippen LogP contribution in [0.5, 0.6) is 5.75 Å². The summed E-state index contributed by atoms with van der Waals surface area (Å²) >= 11 is 0. The fourth-order valence-electron chi connectivity index (χ4n) is 2.41. The molecule has 0 aliphatic heterocycles. The fraction of sp³-hybridized carbons (Fsp3) is 0.500. The molecule has 1 aromatic carbocycles. The summed E-state index contributed by atoms with van der Waals surface area (Å²) in [6.07, 6.45) is 3.46. The minimum absolute atomic E-state index is 0.191. The van der Waals surface area contributed by atoms with Crippen LogP contribution < -0.4 is 5.32 Å². The van der Waals surface area contributed by atoms with E-state index in [0.29, 0.717) is 12.1 Å². The largest absolute Gasteiger partial charge is 0.505 e. The molecule has 0 bridgehead atoms. The van der Waals surface area contributed by atoms with E-state index < -0.39 is 26.7 Å². The van der Waals surface area contributed by atoms with Gasteiger partial charge in [-0.25, -0.2) is 12.8 Å². The van der Waals surface area contributed by atoms with Gasteiger partial charge in [0.05, 0.1) is 5.25 Å². The molecule has 1 aromatic rings. The number of rotatable bonds is 3. The highest BCUT2D eigenvalue weighted by Crippen LogP contribution is 2.29. The predicted octanol–water partition coefficient (Wildman–Crippen LogP) is 1.91. The molecule has 0 saturated heterocycles. The average molecular weight is 273 g/mol. The van der Waals surface area contributed by atoms with Gasteiger partial charge in [0.25, 0.3) is 0 Å². The van der Waals surface area contributed by atoms with Gasteiger partial charge >= 0.3 is 0 Å². The standard InChI is InChI=1S/C12H16FNO3S/c1-18(16,17)12-4-2-3-10(12)14-8-5-6-11(15)9(13)7-8/h5-7,10,12,14-15H,2-4H2,1H3. The number of hydrogen-bond acceptors (Lipinski definition) is 4. The molecule has 0 heterocycles. The van der Waals surface area contributed by atoms with Crippen molar-refractivity contribution in [2.75, 3.05) is 11.6 Å². The molecule has 0 amide bonds. The number of anilines is 1. The van der Waals surface area contributed by atoms with Gasteiger partial charge in [-0.3, -0.25) is 0 Å². The van der Waals surface area contributed by atoms with Crippen LogP contribution in [-0.2, 0) is 9.84 Å². The number of benzene rings is 1. The molecule has 2 rings (SSSR count). The number of nitrogens with one attached hydrogen (secondary N) is 1. The van der Waals surface area contributed by atoms with E-state index in [-0.39, 0.29) is 6.04 Å². The van der Waals surface area contributed by atoms with Crippen molar-refractivity contribution >= 4 is 15.5 Å². The highest BCUT2D eigenvalue weighted by Gasteiger charge is 2.34. The van der Waals surface area contributed by atoms with Crippen LogP contribution in [0.1, 0.15) is 19.3 Å². The molecule has 0 radical (unpaired) electrons. The molecule has 1 saturated carbocycles. The first kappa shape index (κ1) is 13.1. The molecule has 2 unspecified atom stereocenters. The van der Waals surface area contributed by atoms with Gasteiger partial charge in [0.15, 0.2) is 21.4 Å². The molecule has 2 N–H and O–H groups in total. The number of phenolic OH excluding ortho intramolecular Hbond substituents is 1. The van der Waals surface area contributed by atoms with Crippen molar-refractivity contribution in [3.8, 4) is 5.75 Å². The molecule has 1 aliphatic rings. The third kappa shape index (κ3) is 2.75. The van der Waals surface area contributed by atoms with Gasteiger partial charge in [0.2, 0.25) is 0 Å². The molecule has 100 valence electrons. The lowest BCUT2D eigenvalue weighted by Crippen LogP contribution is -2.34. The molecule has 1 fully saturated rings. The van der Waals surface area contributed by atoms with E-state index in [9.17, 15) is 12.8 Å². The maximum atomic E-state index is 13.2. The predicted molar refractivity (Wildman–Crippen MR) is 68.0 cm³/mol. The summed E-state index contributed by atoms with van der Waals surface area (Å²) in [4.78, 5) is 0. The smallest absolute Gasteiger partial charge is 0.166 e. The van der Waals surface area contributed by atoms with Crippen LogP contribution in [0.3, 0.4) is 0 Å². The van der Waals surface area contributed by atoms with Gasteiger partial charge in [-0.2, -0.15) is 0 Å². The number of phenols is 1. The zero-order chi connectivity index (χ0) is 13.3. The first-order valence-electron chi connectivity index (χ1n) is 5.82. The Bertz CT molecular complexity index is 544. The van der Waals surface area contributed by atoms with Gasteiger partial charge in [-0.1, -0.05) is 0 Å². The topological polar surface area (TPSA) is 66.4 Å². The van der Waals surface area contributed by atoms with Gasteiger partial charge in [0.1, 0.15) is 0 Å². The molecular formula is C12H16FNO3S. The summed E-state index contributed by atoms with van der Waals surface area (Å²) in [5, 5.41) is 11.7.